The van der Waals surface area contributed by atoms with Gasteiger partial charge in [-0.2, -0.15) is 5.26 Å². The van der Waals surface area contributed by atoms with Crippen LogP contribution in [0.4, 0.5) is 0 Å². The van der Waals surface area contributed by atoms with Crippen molar-refractivity contribution < 1.29 is 9.53 Å². The van der Waals surface area contributed by atoms with E-state index in [1.807, 2.05) is 26.8 Å². The number of amides is 1. The summed E-state index contributed by atoms with van der Waals surface area (Å²) in [6.45, 7) is 6.53. The van der Waals surface area contributed by atoms with Crippen LogP contribution in [0.1, 0.15) is 27.2 Å². The summed E-state index contributed by atoms with van der Waals surface area (Å²) in [4.78, 5) is 13.4. The lowest BCUT2D eigenvalue weighted by Crippen LogP contribution is -2.38. The van der Waals surface area contributed by atoms with Crippen LogP contribution in [0.25, 0.3) is 0 Å². The normalized spacial score (nSPS) is 12.3. The molecule has 0 heterocycles. The molecule has 4 heteroatoms. The first kappa shape index (κ1) is 13.9. The van der Waals surface area contributed by atoms with Gasteiger partial charge in [0.1, 0.15) is 6.54 Å². The Morgan fingerprint density at radius 3 is 2.47 bits per heavy atom. The summed E-state index contributed by atoms with van der Waals surface area (Å²) in [5.74, 6) is 0.221. The molecule has 86 valence electrons. The van der Waals surface area contributed by atoms with E-state index in [1.54, 1.807) is 12.0 Å². The largest absolute Gasteiger partial charge is 0.384 e. The lowest BCUT2D eigenvalue weighted by molar-refractivity contribution is -0.133. The Bertz CT molecular complexity index is 233. The van der Waals surface area contributed by atoms with E-state index in [1.165, 1.54) is 0 Å². The predicted octanol–water partition coefficient (Wildman–Crippen LogP) is 1.42. The molecule has 0 spiro atoms. The third-order valence-corrected chi connectivity index (χ3v) is 2.16. The Morgan fingerprint density at radius 1 is 1.47 bits per heavy atom. The van der Waals surface area contributed by atoms with E-state index in [-0.39, 0.29) is 24.4 Å². The van der Waals surface area contributed by atoms with Gasteiger partial charge in [0.05, 0.1) is 6.07 Å². The molecule has 0 aliphatic heterocycles. The van der Waals surface area contributed by atoms with Crippen LogP contribution in [-0.2, 0) is 9.53 Å². The fourth-order valence-electron chi connectivity index (χ4n) is 1.39. The Balaban J connectivity index is 4.20. The van der Waals surface area contributed by atoms with Crippen molar-refractivity contribution in [2.45, 2.75) is 33.2 Å². The fraction of sp³-hybridized carbons (Fsp3) is 0.818. The molecular formula is C11H20N2O2. The van der Waals surface area contributed by atoms with E-state index in [0.29, 0.717) is 13.0 Å². The van der Waals surface area contributed by atoms with Crippen LogP contribution in [0.2, 0.25) is 0 Å². The molecule has 0 aliphatic rings. The lowest BCUT2D eigenvalue weighted by atomic mass is 10.1. The van der Waals surface area contributed by atoms with Gasteiger partial charge in [0, 0.05) is 26.2 Å². The van der Waals surface area contributed by atoms with Gasteiger partial charge < -0.3 is 9.64 Å². The van der Waals surface area contributed by atoms with Gasteiger partial charge in [0.25, 0.3) is 0 Å². The summed E-state index contributed by atoms with van der Waals surface area (Å²) < 4.78 is 4.97. The smallest absolute Gasteiger partial charge is 0.224 e. The molecule has 0 aromatic heterocycles. The van der Waals surface area contributed by atoms with Gasteiger partial charge in [0.15, 0.2) is 0 Å². The van der Waals surface area contributed by atoms with Gasteiger partial charge in [-0.3, -0.25) is 4.79 Å². The maximum Gasteiger partial charge on any atom is 0.224 e. The third kappa shape index (κ3) is 5.38. The number of hydrogen-bond acceptors (Lipinski definition) is 3. The zero-order chi connectivity index (χ0) is 11.8. The van der Waals surface area contributed by atoms with E-state index in [9.17, 15) is 4.79 Å². The number of carbonyl (C=O) groups is 1. The minimum Gasteiger partial charge on any atom is -0.384 e. The predicted molar refractivity (Wildman–Crippen MR) is 58.1 cm³/mol. The Kier molecular flexibility index (Phi) is 6.72. The summed E-state index contributed by atoms with van der Waals surface area (Å²) >= 11 is 0. The highest BCUT2D eigenvalue weighted by Gasteiger charge is 2.18. The number of methoxy groups -OCH3 is 1. The van der Waals surface area contributed by atoms with Gasteiger partial charge in [-0.15, -0.1) is 0 Å². The Hall–Kier alpha value is -1.08. The minimum atomic E-state index is 0.0242. The SMILES string of the molecule is COCC(C)CC(=O)N(CC#N)C(C)C. The van der Waals surface area contributed by atoms with Crippen molar-refractivity contribution in [1.29, 1.82) is 5.26 Å². The molecule has 15 heavy (non-hydrogen) atoms. The number of nitrogens with zero attached hydrogens (tertiary/aromatic N) is 2. The molecule has 1 amide bonds. The summed E-state index contributed by atoms with van der Waals surface area (Å²) in [7, 11) is 1.62. The van der Waals surface area contributed by atoms with Crippen molar-refractivity contribution in [1.82, 2.24) is 4.90 Å². The quantitative estimate of drug-likeness (QED) is 0.626. The second-order valence-corrected chi connectivity index (χ2v) is 4.04. The van der Waals surface area contributed by atoms with Crippen molar-refractivity contribution >= 4 is 5.91 Å². The Labute approximate surface area is 91.8 Å². The molecule has 0 saturated carbocycles. The molecule has 0 aromatic rings. The summed E-state index contributed by atoms with van der Waals surface area (Å²) in [6.07, 6.45) is 0.438. The average Bonchev–Trinajstić information content (AvgIpc) is 2.13. The molecule has 1 atom stereocenters. The first-order valence-corrected chi connectivity index (χ1v) is 5.18. The van der Waals surface area contributed by atoms with Gasteiger partial charge in [0.2, 0.25) is 5.91 Å². The second kappa shape index (κ2) is 7.24. The maximum absolute atomic E-state index is 11.8. The zero-order valence-electron chi connectivity index (χ0n) is 9.99. The van der Waals surface area contributed by atoms with E-state index in [4.69, 9.17) is 10.00 Å². The summed E-state index contributed by atoms with van der Waals surface area (Å²) in [6, 6.07) is 2.08. The number of carbonyl (C=O) groups excluding carboxylic acids is 1. The highest BCUT2D eigenvalue weighted by molar-refractivity contribution is 5.76. The highest BCUT2D eigenvalue weighted by Crippen LogP contribution is 2.08. The van der Waals surface area contributed by atoms with Crippen molar-refractivity contribution in [2.75, 3.05) is 20.3 Å². The monoisotopic (exact) mass is 212 g/mol. The van der Waals surface area contributed by atoms with Crippen molar-refractivity contribution in [3.05, 3.63) is 0 Å². The van der Waals surface area contributed by atoms with Crippen LogP contribution in [0.15, 0.2) is 0 Å². The lowest BCUT2D eigenvalue weighted by Gasteiger charge is -2.25. The van der Waals surface area contributed by atoms with Crippen molar-refractivity contribution in [3.63, 3.8) is 0 Å². The topological polar surface area (TPSA) is 53.3 Å². The molecule has 0 fully saturated rings. The third-order valence-electron chi connectivity index (χ3n) is 2.16. The molecule has 4 nitrogen and oxygen atoms in total. The average molecular weight is 212 g/mol. The Morgan fingerprint density at radius 2 is 2.07 bits per heavy atom. The van der Waals surface area contributed by atoms with E-state index >= 15 is 0 Å². The van der Waals surface area contributed by atoms with Crippen LogP contribution in [0.3, 0.4) is 0 Å². The second-order valence-electron chi connectivity index (χ2n) is 4.04. The number of ether oxygens (including phenoxy) is 1. The van der Waals surface area contributed by atoms with Gasteiger partial charge in [-0.05, 0) is 19.8 Å². The molecule has 0 bridgehead atoms. The standard InChI is InChI=1S/C11H20N2O2/c1-9(2)13(6-5-12)11(14)7-10(3)8-15-4/h9-10H,6-8H2,1-4H3. The number of hydrogen-bond donors (Lipinski definition) is 0. The van der Waals surface area contributed by atoms with Crippen molar-refractivity contribution in [3.8, 4) is 6.07 Å². The van der Waals surface area contributed by atoms with Crippen LogP contribution < -0.4 is 0 Å². The van der Waals surface area contributed by atoms with E-state index in [2.05, 4.69) is 0 Å². The first-order valence-electron chi connectivity index (χ1n) is 5.18. The van der Waals surface area contributed by atoms with Crippen LogP contribution in [0, 0.1) is 17.2 Å². The summed E-state index contributed by atoms with van der Waals surface area (Å²) in [5, 5.41) is 8.60. The molecule has 0 radical (unpaired) electrons. The van der Waals surface area contributed by atoms with Gasteiger partial charge >= 0.3 is 0 Å². The molecule has 0 saturated heterocycles. The summed E-state index contributed by atoms with van der Waals surface area (Å²) in [5.41, 5.74) is 0. The van der Waals surface area contributed by atoms with Gasteiger partial charge in [-0.1, -0.05) is 6.92 Å². The van der Waals surface area contributed by atoms with E-state index < -0.39 is 0 Å². The molecule has 0 N–H and O–H groups in total. The van der Waals surface area contributed by atoms with Crippen LogP contribution in [0.5, 0.6) is 0 Å². The number of rotatable bonds is 6. The van der Waals surface area contributed by atoms with Crippen LogP contribution in [-0.4, -0.2) is 37.1 Å². The van der Waals surface area contributed by atoms with Crippen LogP contribution >= 0.6 is 0 Å². The van der Waals surface area contributed by atoms with E-state index in [0.717, 1.165) is 0 Å². The highest BCUT2D eigenvalue weighted by atomic mass is 16.5. The first-order chi connectivity index (χ1) is 7.02. The molecular weight excluding hydrogens is 192 g/mol. The fourth-order valence-corrected chi connectivity index (χ4v) is 1.39. The molecule has 0 rings (SSSR count). The molecule has 0 aliphatic carbocycles. The maximum atomic E-state index is 11.8. The van der Waals surface area contributed by atoms with Crippen molar-refractivity contribution in [2.24, 2.45) is 5.92 Å². The number of nitriles is 1. The minimum absolute atomic E-state index is 0.0242. The zero-order valence-corrected chi connectivity index (χ0v) is 9.99. The van der Waals surface area contributed by atoms with Gasteiger partial charge in [-0.25, -0.2) is 0 Å². The molecule has 0 aromatic carbocycles. The molecule has 1 unspecified atom stereocenters.